The number of nitrogens with one attached hydrogen (secondary N) is 2. The van der Waals surface area contributed by atoms with Gasteiger partial charge in [0.2, 0.25) is 5.91 Å². The zero-order valence-corrected chi connectivity index (χ0v) is 16.2. The Morgan fingerprint density at radius 1 is 1.11 bits per heavy atom. The Morgan fingerprint density at radius 3 is 2.32 bits per heavy atom. The van der Waals surface area contributed by atoms with E-state index in [0.717, 1.165) is 0 Å². The van der Waals surface area contributed by atoms with Crippen molar-refractivity contribution < 1.29 is 23.9 Å². The molecule has 0 aliphatic carbocycles. The highest BCUT2D eigenvalue weighted by Crippen LogP contribution is 2.12. The summed E-state index contributed by atoms with van der Waals surface area (Å²) in [4.78, 5) is 47.9. The molecular weight excluding hydrogens is 382 g/mol. The molecule has 28 heavy (non-hydrogen) atoms. The molecule has 0 bridgehead atoms. The topological polar surface area (TPSA) is 128 Å². The second-order valence-corrected chi connectivity index (χ2v) is 7.22. The van der Waals surface area contributed by atoms with Gasteiger partial charge >= 0.3 is 5.97 Å². The van der Waals surface area contributed by atoms with Gasteiger partial charge in [0.05, 0.1) is 4.88 Å². The number of thiophene rings is 1. The summed E-state index contributed by atoms with van der Waals surface area (Å²) < 4.78 is 5.04. The monoisotopic (exact) mass is 403 g/mol. The highest BCUT2D eigenvalue weighted by molar-refractivity contribution is 7.12. The molecule has 0 aliphatic heterocycles. The van der Waals surface area contributed by atoms with Crippen LogP contribution in [-0.4, -0.2) is 36.3 Å². The molecule has 8 nitrogen and oxygen atoms in total. The van der Waals surface area contributed by atoms with Crippen LogP contribution in [0, 0.1) is 5.92 Å². The van der Waals surface area contributed by atoms with E-state index in [0.29, 0.717) is 16.1 Å². The Hall–Kier alpha value is -3.20. The predicted molar refractivity (Wildman–Crippen MR) is 105 cm³/mol. The van der Waals surface area contributed by atoms with Crippen molar-refractivity contribution in [1.29, 1.82) is 0 Å². The molecule has 0 radical (unpaired) electrons. The van der Waals surface area contributed by atoms with Crippen LogP contribution in [0.5, 0.6) is 0 Å². The lowest BCUT2D eigenvalue weighted by atomic mass is 10.0. The average molecular weight is 403 g/mol. The third-order valence-electron chi connectivity index (χ3n) is 3.75. The number of amides is 3. The summed E-state index contributed by atoms with van der Waals surface area (Å²) in [5.74, 6) is -2.41. The minimum absolute atomic E-state index is 0.221. The van der Waals surface area contributed by atoms with Gasteiger partial charge in [-0.15, -0.1) is 11.3 Å². The number of benzene rings is 1. The fraction of sp³-hybridized carbons (Fsp3) is 0.263. The van der Waals surface area contributed by atoms with Crippen molar-refractivity contribution >= 4 is 40.7 Å². The number of rotatable bonds is 8. The molecule has 1 atom stereocenters. The van der Waals surface area contributed by atoms with Gasteiger partial charge in [0, 0.05) is 11.3 Å². The highest BCUT2D eigenvalue weighted by Gasteiger charge is 2.27. The van der Waals surface area contributed by atoms with E-state index in [1.807, 2.05) is 0 Å². The molecule has 0 spiro atoms. The normalized spacial score (nSPS) is 11.5. The number of anilines is 1. The summed E-state index contributed by atoms with van der Waals surface area (Å²) in [6.07, 6.45) is 0. The van der Waals surface area contributed by atoms with E-state index in [9.17, 15) is 19.2 Å². The molecule has 148 valence electrons. The van der Waals surface area contributed by atoms with Crippen molar-refractivity contribution in [3.63, 3.8) is 0 Å². The fourth-order valence-corrected chi connectivity index (χ4v) is 2.89. The molecule has 0 saturated heterocycles. The Morgan fingerprint density at radius 2 is 1.79 bits per heavy atom. The summed E-state index contributed by atoms with van der Waals surface area (Å²) in [5, 5.41) is 6.93. The van der Waals surface area contributed by atoms with Crippen LogP contribution in [0.2, 0.25) is 0 Å². The molecule has 1 heterocycles. The van der Waals surface area contributed by atoms with Crippen LogP contribution >= 0.6 is 11.3 Å². The van der Waals surface area contributed by atoms with Gasteiger partial charge in [-0.1, -0.05) is 19.9 Å². The first-order valence-corrected chi connectivity index (χ1v) is 9.36. The van der Waals surface area contributed by atoms with Gasteiger partial charge in [-0.05, 0) is 41.6 Å². The molecule has 0 saturated carbocycles. The van der Waals surface area contributed by atoms with Gasteiger partial charge in [0.1, 0.15) is 6.04 Å². The van der Waals surface area contributed by atoms with Crippen molar-refractivity contribution in [3.05, 3.63) is 52.2 Å². The molecule has 0 aliphatic rings. The van der Waals surface area contributed by atoms with E-state index in [4.69, 9.17) is 10.5 Å². The molecule has 9 heteroatoms. The Labute approximate surface area is 166 Å². The largest absolute Gasteiger partial charge is 0.454 e. The number of hydrogen-bond acceptors (Lipinski definition) is 6. The first-order chi connectivity index (χ1) is 13.3. The molecule has 3 amide bonds. The molecule has 2 aromatic rings. The number of ether oxygens (including phenoxy) is 1. The number of hydrogen-bond donors (Lipinski definition) is 3. The summed E-state index contributed by atoms with van der Waals surface area (Å²) >= 11 is 1.26. The van der Waals surface area contributed by atoms with Crippen molar-refractivity contribution in [3.8, 4) is 0 Å². The van der Waals surface area contributed by atoms with Crippen LogP contribution in [0.15, 0.2) is 41.8 Å². The third kappa shape index (κ3) is 5.92. The smallest absolute Gasteiger partial charge is 0.329 e. The third-order valence-corrected chi connectivity index (χ3v) is 4.62. The van der Waals surface area contributed by atoms with Gasteiger partial charge in [-0.3, -0.25) is 14.4 Å². The van der Waals surface area contributed by atoms with Crippen LogP contribution in [0.4, 0.5) is 5.69 Å². The Kier molecular flexibility index (Phi) is 7.28. The van der Waals surface area contributed by atoms with Crippen LogP contribution < -0.4 is 16.4 Å². The van der Waals surface area contributed by atoms with Crippen molar-refractivity contribution in [2.75, 3.05) is 11.9 Å². The van der Waals surface area contributed by atoms with E-state index in [1.165, 1.54) is 35.6 Å². The fourth-order valence-electron chi connectivity index (χ4n) is 2.26. The molecule has 0 unspecified atom stereocenters. The number of carbonyl (C=O) groups excluding carboxylic acids is 4. The maximum absolute atomic E-state index is 12.3. The van der Waals surface area contributed by atoms with E-state index in [2.05, 4.69) is 10.6 Å². The van der Waals surface area contributed by atoms with E-state index in [-0.39, 0.29) is 11.8 Å². The second kappa shape index (κ2) is 9.65. The van der Waals surface area contributed by atoms with Gasteiger partial charge in [0.25, 0.3) is 11.8 Å². The maximum Gasteiger partial charge on any atom is 0.329 e. The van der Waals surface area contributed by atoms with Gasteiger partial charge in [-0.2, -0.15) is 0 Å². The van der Waals surface area contributed by atoms with Gasteiger partial charge in [0.15, 0.2) is 6.61 Å². The number of nitrogens with two attached hydrogens (primary N) is 1. The molecule has 0 fully saturated rings. The van der Waals surface area contributed by atoms with Crippen LogP contribution in [0.25, 0.3) is 0 Å². The first kappa shape index (κ1) is 21.1. The molecule has 2 rings (SSSR count). The molecule has 4 N–H and O–H groups in total. The number of carbonyl (C=O) groups is 4. The van der Waals surface area contributed by atoms with E-state index < -0.39 is 30.4 Å². The lowest BCUT2D eigenvalue weighted by molar-refractivity contribution is -0.150. The number of primary amides is 1. The average Bonchev–Trinajstić information content (AvgIpc) is 3.19. The summed E-state index contributed by atoms with van der Waals surface area (Å²) in [5.41, 5.74) is 5.89. The van der Waals surface area contributed by atoms with Crippen molar-refractivity contribution in [2.24, 2.45) is 11.7 Å². The molecular formula is C19H21N3O5S. The molecule has 1 aromatic heterocycles. The van der Waals surface area contributed by atoms with Gasteiger partial charge in [-0.25, -0.2) is 4.79 Å². The van der Waals surface area contributed by atoms with E-state index >= 15 is 0 Å². The van der Waals surface area contributed by atoms with Crippen molar-refractivity contribution in [2.45, 2.75) is 19.9 Å². The van der Waals surface area contributed by atoms with E-state index in [1.54, 1.807) is 31.4 Å². The first-order valence-electron chi connectivity index (χ1n) is 8.48. The lowest BCUT2D eigenvalue weighted by Gasteiger charge is -2.20. The highest BCUT2D eigenvalue weighted by atomic mass is 32.1. The summed E-state index contributed by atoms with van der Waals surface area (Å²) in [6, 6.07) is 8.48. The van der Waals surface area contributed by atoms with Crippen LogP contribution in [-0.2, 0) is 14.3 Å². The molecule has 1 aromatic carbocycles. The van der Waals surface area contributed by atoms with Crippen molar-refractivity contribution in [1.82, 2.24) is 5.32 Å². The second-order valence-electron chi connectivity index (χ2n) is 6.27. The SMILES string of the molecule is CC(C)[C@@H](NC(=O)c1cccs1)C(=O)OCC(=O)Nc1ccc(C(N)=O)cc1. The standard InChI is InChI=1S/C19H21N3O5S/c1-11(2)16(22-18(25)14-4-3-9-28-14)19(26)27-10-15(23)21-13-7-5-12(6-8-13)17(20)24/h3-9,11,16H,10H2,1-2H3,(H2,20,24)(H,21,23)(H,22,25)/t16-/m1/s1. The quantitative estimate of drug-likeness (QED) is 0.579. The maximum atomic E-state index is 12.3. The van der Waals surface area contributed by atoms with Crippen LogP contribution in [0.3, 0.4) is 0 Å². The lowest BCUT2D eigenvalue weighted by Crippen LogP contribution is -2.45. The zero-order chi connectivity index (χ0) is 20.7. The van der Waals surface area contributed by atoms with Crippen LogP contribution in [0.1, 0.15) is 33.9 Å². The Balaban J connectivity index is 1.88. The zero-order valence-electron chi connectivity index (χ0n) is 15.4. The summed E-state index contributed by atoms with van der Waals surface area (Å²) in [6.45, 7) is 3.02. The minimum atomic E-state index is -0.878. The summed E-state index contributed by atoms with van der Waals surface area (Å²) in [7, 11) is 0. The minimum Gasteiger partial charge on any atom is -0.454 e. The Bertz CT molecular complexity index is 847. The number of esters is 1. The predicted octanol–water partition coefficient (Wildman–Crippen LogP) is 1.78. The van der Waals surface area contributed by atoms with Gasteiger partial charge < -0.3 is 21.1 Å².